The van der Waals surface area contributed by atoms with Crippen molar-refractivity contribution < 1.29 is 0 Å². The average Bonchev–Trinajstić information content (AvgIpc) is 2.63. The highest BCUT2D eigenvalue weighted by Crippen LogP contribution is 2.27. The van der Waals surface area contributed by atoms with Crippen LogP contribution in [-0.2, 0) is 0 Å². The largest absolute Gasteiger partial charge is 0.329 e. The first kappa shape index (κ1) is 17.0. The van der Waals surface area contributed by atoms with E-state index in [-0.39, 0.29) is 5.54 Å². The molecular weight excluding hydrogens is 232 g/mol. The number of likely N-dealkylation sites (tertiary alicyclic amines) is 1. The highest BCUT2D eigenvalue weighted by Gasteiger charge is 2.30. The highest BCUT2D eigenvalue weighted by atomic mass is 15.2. The summed E-state index contributed by atoms with van der Waals surface area (Å²) in [6.45, 7) is 10.4. The van der Waals surface area contributed by atoms with Crippen molar-refractivity contribution in [2.75, 3.05) is 19.6 Å². The third-order valence-electron chi connectivity index (χ3n) is 5.04. The SMILES string of the molecule is CCCCCCCC(C)(CN)N1CCCC(C)CC1. The molecule has 1 rings (SSSR count). The highest BCUT2D eigenvalue weighted by molar-refractivity contribution is 4.88. The number of rotatable bonds is 8. The van der Waals surface area contributed by atoms with E-state index < -0.39 is 0 Å². The molecule has 2 nitrogen and oxygen atoms in total. The molecule has 0 spiro atoms. The Morgan fingerprint density at radius 3 is 2.53 bits per heavy atom. The molecule has 2 unspecified atom stereocenters. The van der Waals surface area contributed by atoms with Crippen molar-refractivity contribution in [2.45, 2.75) is 84.1 Å². The fraction of sp³-hybridized carbons (Fsp3) is 1.00. The van der Waals surface area contributed by atoms with Crippen LogP contribution in [0.3, 0.4) is 0 Å². The van der Waals surface area contributed by atoms with Crippen molar-refractivity contribution in [1.82, 2.24) is 4.90 Å². The lowest BCUT2D eigenvalue weighted by atomic mass is 9.91. The molecule has 0 aliphatic carbocycles. The zero-order valence-corrected chi connectivity index (χ0v) is 13.6. The quantitative estimate of drug-likeness (QED) is 0.669. The van der Waals surface area contributed by atoms with Gasteiger partial charge in [0, 0.05) is 12.1 Å². The van der Waals surface area contributed by atoms with Gasteiger partial charge >= 0.3 is 0 Å². The lowest BCUT2D eigenvalue weighted by molar-refractivity contribution is 0.101. The topological polar surface area (TPSA) is 29.3 Å². The van der Waals surface area contributed by atoms with E-state index in [4.69, 9.17) is 5.73 Å². The number of nitrogens with two attached hydrogens (primary N) is 1. The molecule has 0 aromatic heterocycles. The Balaban J connectivity index is 2.39. The van der Waals surface area contributed by atoms with E-state index in [0.29, 0.717) is 0 Å². The lowest BCUT2D eigenvalue weighted by Gasteiger charge is -2.40. The van der Waals surface area contributed by atoms with Crippen LogP contribution in [0.25, 0.3) is 0 Å². The summed E-state index contributed by atoms with van der Waals surface area (Å²) in [5, 5.41) is 0. The first-order valence-corrected chi connectivity index (χ1v) is 8.57. The molecule has 0 aromatic carbocycles. The van der Waals surface area contributed by atoms with Crippen molar-refractivity contribution in [3.63, 3.8) is 0 Å². The summed E-state index contributed by atoms with van der Waals surface area (Å²) in [6.07, 6.45) is 12.2. The van der Waals surface area contributed by atoms with Gasteiger partial charge in [-0.05, 0) is 51.6 Å². The van der Waals surface area contributed by atoms with Crippen LogP contribution >= 0.6 is 0 Å². The number of nitrogens with zero attached hydrogens (tertiary/aromatic N) is 1. The minimum atomic E-state index is 0.246. The molecule has 0 amide bonds. The predicted octanol–water partition coefficient (Wildman–Crippen LogP) is 4.19. The fourth-order valence-corrected chi connectivity index (χ4v) is 3.30. The molecule has 19 heavy (non-hydrogen) atoms. The first-order valence-electron chi connectivity index (χ1n) is 8.57. The van der Waals surface area contributed by atoms with Crippen molar-refractivity contribution in [3.8, 4) is 0 Å². The second kappa shape index (κ2) is 8.97. The second-order valence-corrected chi connectivity index (χ2v) is 6.89. The maximum atomic E-state index is 6.12. The molecule has 1 aliphatic rings. The Bertz CT molecular complexity index is 229. The zero-order chi connectivity index (χ0) is 14.1. The van der Waals surface area contributed by atoms with Crippen LogP contribution in [0.1, 0.15) is 78.6 Å². The summed E-state index contributed by atoms with van der Waals surface area (Å²) < 4.78 is 0. The van der Waals surface area contributed by atoms with Crippen molar-refractivity contribution in [2.24, 2.45) is 11.7 Å². The van der Waals surface area contributed by atoms with Gasteiger partial charge in [0.1, 0.15) is 0 Å². The molecular formula is C17H36N2. The summed E-state index contributed by atoms with van der Waals surface area (Å²) in [5.74, 6) is 0.900. The average molecular weight is 268 g/mol. The molecule has 2 heteroatoms. The van der Waals surface area contributed by atoms with Gasteiger partial charge in [-0.1, -0.05) is 46.0 Å². The molecule has 0 bridgehead atoms. The molecule has 1 fully saturated rings. The third kappa shape index (κ3) is 5.83. The Morgan fingerprint density at radius 1 is 1.11 bits per heavy atom. The van der Waals surface area contributed by atoms with E-state index >= 15 is 0 Å². The molecule has 2 atom stereocenters. The summed E-state index contributed by atoms with van der Waals surface area (Å²) in [7, 11) is 0. The Hall–Kier alpha value is -0.0800. The standard InChI is InChI=1S/C17H36N2/c1-4-5-6-7-8-12-17(3,15-18)19-13-9-10-16(2)11-14-19/h16H,4-15,18H2,1-3H3. The van der Waals surface area contributed by atoms with E-state index in [1.54, 1.807) is 0 Å². The van der Waals surface area contributed by atoms with Gasteiger partial charge in [-0.3, -0.25) is 4.90 Å². The monoisotopic (exact) mass is 268 g/mol. The molecule has 1 aliphatic heterocycles. The second-order valence-electron chi connectivity index (χ2n) is 6.89. The molecule has 1 saturated heterocycles. The third-order valence-corrected chi connectivity index (χ3v) is 5.04. The normalized spacial score (nSPS) is 24.9. The summed E-state index contributed by atoms with van der Waals surface area (Å²) >= 11 is 0. The molecule has 0 aromatic rings. The van der Waals surface area contributed by atoms with Crippen molar-refractivity contribution in [3.05, 3.63) is 0 Å². The first-order chi connectivity index (χ1) is 9.12. The Kier molecular flexibility index (Phi) is 8.01. The van der Waals surface area contributed by atoms with Crippen LogP contribution in [-0.4, -0.2) is 30.1 Å². The number of hydrogen-bond donors (Lipinski definition) is 1. The van der Waals surface area contributed by atoms with E-state index in [2.05, 4.69) is 25.7 Å². The Morgan fingerprint density at radius 2 is 1.84 bits per heavy atom. The van der Waals surface area contributed by atoms with Gasteiger partial charge in [0.2, 0.25) is 0 Å². The lowest BCUT2D eigenvalue weighted by Crippen LogP contribution is -2.52. The maximum absolute atomic E-state index is 6.12. The van der Waals surface area contributed by atoms with E-state index in [0.717, 1.165) is 12.5 Å². The number of unbranched alkanes of at least 4 members (excludes halogenated alkanes) is 4. The Labute approximate surface area is 121 Å². The van der Waals surface area contributed by atoms with Gasteiger partial charge in [0.25, 0.3) is 0 Å². The van der Waals surface area contributed by atoms with Crippen LogP contribution in [0.4, 0.5) is 0 Å². The van der Waals surface area contributed by atoms with Gasteiger partial charge in [-0.25, -0.2) is 0 Å². The zero-order valence-electron chi connectivity index (χ0n) is 13.6. The fourth-order valence-electron chi connectivity index (χ4n) is 3.30. The van der Waals surface area contributed by atoms with Gasteiger partial charge < -0.3 is 5.73 Å². The minimum absolute atomic E-state index is 0.246. The van der Waals surface area contributed by atoms with Crippen LogP contribution in [0, 0.1) is 5.92 Å². The van der Waals surface area contributed by atoms with Crippen LogP contribution in [0.15, 0.2) is 0 Å². The van der Waals surface area contributed by atoms with Crippen molar-refractivity contribution >= 4 is 0 Å². The van der Waals surface area contributed by atoms with Gasteiger partial charge in [-0.2, -0.15) is 0 Å². The van der Waals surface area contributed by atoms with Crippen LogP contribution in [0.2, 0.25) is 0 Å². The summed E-state index contributed by atoms with van der Waals surface area (Å²) in [6, 6.07) is 0. The maximum Gasteiger partial charge on any atom is 0.0303 e. The molecule has 2 N–H and O–H groups in total. The van der Waals surface area contributed by atoms with Crippen molar-refractivity contribution in [1.29, 1.82) is 0 Å². The smallest absolute Gasteiger partial charge is 0.0303 e. The molecule has 0 saturated carbocycles. The summed E-state index contributed by atoms with van der Waals surface area (Å²) in [4.78, 5) is 2.69. The van der Waals surface area contributed by atoms with E-state index in [9.17, 15) is 0 Å². The van der Waals surface area contributed by atoms with Crippen LogP contribution < -0.4 is 5.73 Å². The predicted molar refractivity (Wildman–Crippen MR) is 85.4 cm³/mol. The molecule has 1 heterocycles. The van der Waals surface area contributed by atoms with E-state index in [1.165, 1.54) is 70.9 Å². The van der Waals surface area contributed by atoms with Gasteiger partial charge in [-0.15, -0.1) is 0 Å². The molecule has 114 valence electrons. The van der Waals surface area contributed by atoms with Gasteiger partial charge in [0.15, 0.2) is 0 Å². The summed E-state index contributed by atoms with van der Waals surface area (Å²) in [5.41, 5.74) is 6.37. The number of hydrogen-bond acceptors (Lipinski definition) is 2. The van der Waals surface area contributed by atoms with Crippen LogP contribution in [0.5, 0.6) is 0 Å². The van der Waals surface area contributed by atoms with E-state index in [1.807, 2.05) is 0 Å². The molecule has 0 radical (unpaired) electrons. The minimum Gasteiger partial charge on any atom is -0.329 e. The van der Waals surface area contributed by atoms with Gasteiger partial charge in [0.05, 0.1) is 0 Å².